The summed E-state index contributed by atoms with van der Waals surface area (Å²) in [6, 6.07) is 11.7. The van der Waals surface area contributed by atoms with E-state index in [1.54, 1.807) is 49.6 Å². The zero-order chi connectivity index (χ0) is 21.0. The number of methoxy groups -OCH3 is 2. The average Bonchev–Trinajstić information content (AvgIpc) is 2.72. The molecule has 2 aromatic rings. The van der Waals surface area contributed by atoms with E-state index in [1.165, 1.54) is 16.9 Å². The number of carbonyl (C=O) groups excluding carboxylic acids is 3. The molecule has 1 aliphatic rings. The van der Waals surface area contributed by atoms with Crippen LogP contribution in [-0.2, 0) is 14.4 Å². The van der Waals surface area contributed by atoms with Gasteiger partial charge < -0.3 is 24.6 Å². The van der Waals surface area contributed by atoms with Crippen molar-refractivity contribution in [1.29, 1.82) is 0 Å². The Balaban J connectivity index is 1.61. The molecule has 0 unspecified atom stereocenters. The van der Waals surface area contributed by atoms with Crippen LogP contribution in [0.1, 0.15) is 0 Å². The molecule has 0 saturated carbocycles. The van der Waals surface area contributed by atoms with E-state index in [1.807, 2.05) is 0 Å². The Bertz CT molecular complexity index is 932. The molecule has 0 bridgehead atoms. The number of hydrogen-bond acceptors (Lipinski definition) is 5. The molecule has 0 atom stereocenters. The van der Waals surface area contributed by atoms with Crippen molar-refractivity contribution in [2.24, 2.45) is 0 Å². The minimum Gasteiger partial charge on any atom is -0.497 e. The Hall–Kier alpha value is -3.26. The number of rotatable bonds is 6. The summed E-state index contributed by atoms with van der Waals surface area (Å²) in [7, 11) is 3.04. The molecule has 29 heavy (non-hydrogen) atoms. The predicted octanol–water partition coefficient (Wildman–Crippen LogP) is 2.17. The SMILES string of the molecule is COc1ccc(N2CCN(CC(=O)Nc3ccc(OC)c(Cl)c3)C(=O)C2=O)cc1. The van der Waals surface area contributed by atoms with Gasteiger partial charge in [-0.1, -0.05) is 11.6 Å². The second-order valence-corrected chi connectivity index (χ2v) is 6.69. The highest BCUT2D eigenvalue weighted by molar-refractivity contribution is 6.41. The van der Waals surface area contributed by atoms with E-state index in [2.05, 4.69) is 5.32 Å². The zero-order valence-corrected chi connectivity index (χ0v) is 16.7. The van der Waals surface area contributed by atoms with E-state index in [4.69, 9.17) is 21.1 Å². The topological polar surface area (TPSA) is 88.2 Å². The molecular formula is C20H20ClN3O5. The Morgan fingerprint density at radius 1 is 1.03 bits per heavy atom. The lowest BCUT2D eigenvalue weighted by atomic mass is 10.2. The first-order valence-electron chi connectivity index (χ1n) is 8.81. The summed E-state index contributed by atoms with van der Waals surface area (Å²) in [4.78, 5) is 39.9. The number of benzene rings is 2. The Morgan fingerprint density at radius 3 is 2.38 bits per heavy atom. The van der Waals surface area contributed by atoms with Crippen LogP contribution in [0.15, 0.2) is 42.5 Å². The lowest BCUT2D eigenvalue weighted by Crippen LogP contribution is -2.56. The minimum atomic E-state index is -0.727. The predicted molar refractivity (Wildman–Crippen MR) is 109 cm³/mol. The first-order chi connectivity index (χ1) is 13.9. The van der Waals surface area contributed by atoms with Crippen LogP contribution in [0.4, 0.5) is 11.4 Å². The van der Waals surface area contributed by atoms with E-state index in [0.717, 1.165) is 0 Å². The van der Waals surface area contributed by atoms with Crippen molar-refractivity contribution in [3.8, 4) is 11.5 Å². The average molecular weight is 418 g/mol. The molecule has 0 spiro atoms. The first kappa shape index (κ1) is 20.5. The minimum absolute atomic E-state index is 0.231. The fourth-order valence-corrected chi connectivity index (χ4v) is 3.21. The highest BCUT2D eigenvalue weighted by Gasteiger charge is 2.34. The zero-order valence-electron chi connectivity index (χ0n) is 16.0. The van der Waals surface area contributed by atoms with Crippen LogP contribution < -0.4 is 19.7 Å². The van der Waals surface area contributed by atoms with Crippen molar-refractivity contribution in [3.05, 3.63) is 47.5 Å². The smallest absolute Gasteiger partial charge is 0.316 e. The Kier molecular flexibility index (Phi) is 6.23. The second kappa shape index (κ2) is 8.83. The number of carbonyl (C=O) groups is 3. The van der Waals surface area contributed by atoms with E-state index in [-0.39, 0.29) is 13.1 Å². The molecule has 8 nitrogen and oxygen atoms in total. The molecule has 1 aliphatic heterocycles. The van der Waals surface area contributed by atoms with Gasteiger partial charge in [0.25, 0.3) is 0 Å². The number of halogens is 1. The summed E-state index contributed by atoms with van der Waals surface area (Å²) in [5.74, 6) is -0.691. The molecule has 1 N–H and O–H groups in total. The van der Waals surface area contributed by atoms with Gasteiger partial charge in [0.2, 0.25) is 5.91 Å². The molecule has 1 heterocycles. The maximum atomic E-state index is 12.5. The normalized spacial score (nSPS) is 14.0. The monoisotopic (exact) mass is 417 g/mol. The van der Waals surface area contributed by atoms with Gasteiger partial charge >= 0.3 is 11.8 Å². The summed E-state index contributed by atoms with van der Waals surface area (Å²) >= 11 is 6.04. The van der Waals surface area contributed by atoms with E-state index in [0.29, 0.717) is 34.4 Å². The van der Waals surface area contributed by atoms with Gasteiger partial charge in [0, 0.05) is 24.5 Å². The number of nitrogens with one attached hydrogen (secondary N) is 1. The Labute approximate surface area is 172 Å². The maximum absolute atomic E-state index is 12.5. The van der Waals surface area contributed by atoms with Crippen LogP contribution in [0.3, 0.4) is 0 Å². The number of nitrogens with zero attached hydrogens (tertiary/aromatic N) is 2. The van der Waals surface area contributed by atoms with Crippen molar-refractivity contribution in [3.63, 3.8) is 0 Å². The second-order valence-electron chi connectivity index (χ2n) is 6.28. The van der Waals surface area contributed by atoms with Crippen molar-refractivity contribution < 1.29 is 23.9 Å². The van der Waals surface area contributed by atoms with Crippen LogP contribution >= 0.6 is 11.6 Å². The molecule has 0 radical (unpaired) electrons. The molecule has 0 aromatic heterocycles. The highest BCUT2D eigenvalue weighted by Crippen LogP contribution is 2.27. The third kappa shape index (κ3) is 4.60. The van der Waals surface area contributed by atoms with E-state index < -0.39 is 17.7 Å². The molecular weight excluding hydrogens is 398 g/mol. The maximum Gasteiger partial charge on any atom is 0.316 e. The van der Waals surface area contributed by atoms with Crippen LogP contribution in [0.5, 0.6) is 11.5 Å². The molecule has 1 fully saturated rings. The van der Waals surface area contributed by atoms with Crippen LogP contribution in [0.2, 0.25) is 5.02 Å². The molecule has 2 aromatic carbocycles. The lowest BCUT2D eigenvalue weighted by molar-refractivity contribution is -0.147. The molecule has 9 heteroatoms. The lowest BCUT2D eigenvalue weighted by Gasteiger charge is -2.33. The number of piperazine rings is 1. The third-order valence-electron chi connectivity index (χ3n) is 4.46. The molecule has 3 amide bonds. The van der Waals surface area contributed by atoms with Gasteiger partial charge in [0.15, 0.2) is 0 Å². The van der Waals surface area contributed by atoms with E-state index in [9.17, 15) is 14.4 Å². The van der Waals surface area contributed by atoms with Crippen molar-refractivity contribution >= 4 is 40.7 Å². The fraction of sp³-hybridized carbons (Fsp3) is 0.250. The van der Waals surface area contributed by atoms with Crippen LogP contribution in [0.25, 0.3) is 0 Å². The van der Waals surface area contributed by atoms with Crippen LogP contribution in [-0.4, -0.2) is 56.5 Å². The van der Waals surface area contributed by atoms with Crippen molar-refractivity contribution in [2.45, 2.75) is 0 Å². The Morgan fingerprint density at radius 2 is 1.76 bits per heavy atom. The quantitative estimate of drug-likeness (QED) is 0.728. The standard InChI is InChI=1S/C20H20ClN3O5/c1-28-15-6-4-14(5-7-15)24-10-9-23(19(26)20(24)27)12-18(25)22-13-3-8-17(29-2)16(21)11-13/h3-8,11H,9-10,12H2,1-2H3,(H,22,25). The third-order valence-corrected chi connectivity index (χ3v) is 4.76. The van der Waals surface area contributed by atoms with Gasteiger partial charge in [-0.3, -0.25) is 14.4 Å². The van der Waals surface area contributed by atoms with Gasteiger partial charge in [0.1, 0.15) is 18.0 Å². The number of anilines is 2. The number of hydrogen-bond donors (Lipinski definition) is 1. The molecule has 3 rings (SSSR count). The summed E-state index contributed by atoms with van der Waals surface area (Å²) < 4.78 is 10.2. The van der Waals surface area contributed by atoms with Crippen molar-refractivity contribution in [1.82, 2.24) is 4.90 Å². The summed E-state index contributed by atoms with van der Waals surface area (Å²) in [6.45, 7) is 0.302. The summed E-state index contributed by atoms with van der Waals surface area (Å²) in [5, 5.41) is 3.01. The van der Waals surface area contributed by atoms with Gasteiger partial charge in [0.05, 0.1) is 19.2 Å². The molecule has 1 saturated heterocycles. The van der Waals surface area contributed by atoms with Gasteiger partial charge in [-0.15, -0.1) is 0 Å². The first-order valence-corrected chi connectivity index (χ1v) is 9.19. The number of amides is 3. The fourth-order valence-electron chi connectivity index (χ4n) is 2.95. The summed E-state index contributed by atoms with van der Waals surface area (Å²) in [6.07, 6.45) is 0. The van der Waals surface area contributed by atoms with Gasteiger partial charge in [-0.2, -0.15) is 0 Å². The van der Waals surface area contributed by atoms with Crippen LogP contribution in [0, 0.1) is 0 Å². The van der Waals surface area contributed by atoms with Gasteiger partial charge in [-0.25, -0.2) is 0 Å². The molecule has 0 aliphatic carbocycles. The van der Waals surface area contributed by atoms with Gasteiger partial charge in [-0.05, 0) is 42.5 Å². The molecule has 152 valence electrons. The summed E-state index contributed by atoms with van der Waals surface area (Å²) in [5.41, 5.74) is 1.07. The highest BCUT2D eigenvalue weighted by atomic mass is 35.5. The number of ether oxygens (including phenoxy) is 2. The van der Waals surface area contributed by atoms with Crippen molar-refractivity contribution in [2.75, 3.05) is 44.1 Å². The largest absolute Gasteiger partial charge is 0.497 e. The van der Waals surface area contributed by atoms with E-state index >= 15 is 0 Å².